The highest BCUT2D eigenvalue weighted by Gasteiger charge is 2.15. The van der Waals surface area contributed by atoms with Gasteiger partial charge >= 0.3 is 0 Å². The molecule has 0 bridgehead atoms. The summed E-state index contributed by atoms with van der Waals surface area (Å²) in [5.74, 6) is -0.181. The Morgan fingerprint density at radius 2 is 1.65 bits per heavy atom. The molecule has 1 atom stereocenters. The van der Waals surface area contributed by atoms with Crippen molar-refractivity contribution in [1.82, 2.24) is 5.32 Å². The number of amides is 1. The zero-order chi connectivity index (χ0) is 16.7. The Labute approximate surface area is 137 Å². The van der Waals surface area contributed by atoms with Crippen molar-refractivity contribution in [2.24, 2.45) is 0 Å². The fraction of sp³-hybridized carbons (Fsp3) is 0.316. The molecule has 0 spiro atoms. The smallest absolute Gasteiger partial charge is 0.251 e. The van der Waals surface area contributed by atoms with E-state index in [1.807, 2.05) is 54.6 Å². The van der Waals surface area contributed by atoms with Crippen LogP contribution in [-0.4, -0.2) is 30.7 Å². The fourth-order valence-corrected chi connectivity index (χ4v) is 2.57. The number of nitrogens with zero attached hydrogens (tertiary/aromatic N) is 1. The van der Waals surface area contributed by atoms with E-state index in [0.717, 1.165) is 24.3 Å². The first-order valence-electron chi connectivity index (χ1n) is 8.01. The molecule has 2 rings (SSSR count). The van der Waals surface area contributed by atoms with Crippen molar-refractivity contribution in [3.63, 3.8) is 0 Å². The highest BCUT2D eigenvalue weighted by atomic mass is 16.3. The van der Waals surface area contributed by atoms with Crippen LogP contribution in [0.5, 0.6) is 0 Å². The number of hydrogen-bond acceptors (Lipinski definition) is 3. The number of anilines is 1. The average Bonchev–Trinajstić information content (AvgIpc) is 2.62. The Hall–Kier alpha value is -2.33. The summed E-state index contributed by atoms with van der Waals surface area (Å²) in [6.45, 7) is 5.95. The van der Waals surface area contributed by atoms with E-state index in [1.165, 1.54) is 0 Å². The Balaban J connectivity index is 2.08. The monoisotopic (exact) mass is 312 g/mol. The molecule has 0 radical (unpaired) electrons. The Kier molecular flexibility index (Phi) is 6.18. The van der Waals surface area contributed by atoms with Gasteiger partial charge in [-0.1, -0.05) is 30.3 Å². The van der Waals surface area contributed by atoms with Crippen LogP contribution >= 0.6 is 0 Å². The summed E-state index contributed by atoms with van der Waals surface area (Å²) in [4.78, 5) is 14.6. The van der Waals surface area contributed by atoms with Crippen LogP contribution < -0.4 is 10.2 Å². The van der Waals surface area contributed by atoms with Gasteiger partial charge in [-0.2, -0.15) is 0 Å². The molecule has 0 saturated carbocycles. The van der Waals surface area contributed by atoms with Gasteiger partial charge in [0, 0.05) is 24.3 Å². The van der Waals surface area contributed by atoms with Crippen LogP contribution in [0.1, 0.15) is 35.8 Å². The second kappa shape index (κ2) is 8.34. The molecule has 0 saturated heterocycles. The number of hydrogen-bond donors (Lipinski definition) is 2. The van der Waals surface area contributed by atoms with Gasteiger partial charge in [0.15, 0.2) is 0 Å². The lowest BCUT2D eigenvalue weighted by atomic mass is 10.1. The first-order chi connectivity index (χ1) is 11.2. The van der Waals surface area contributed by atoms with Gasteiger partial charge in [-0.25, -0.2) is 0 Å². The minimum atomic E-state index is -0.397. The van der Waals surface area contributed by atoms with Gasteiger partial charge in [0.25, 0.3) is 5.91 Å². The van der Waals surface area contributed by atoms with Crippen LogP contribution in [-0.2, 0) is 0 Å². The molecule has 0 aliphatic rings. The van der Waals surface area contributed by atoms with E-state index in [4.69, 9.17) is 0 Å². The number of aliphatic hydroxyl groups excluding tert-OH is 1. The van der Waals surface area contributed by atoms with E-state index in [1.54, 1.807) is 0 Å². The van der Waals surface area contributed by atoms with Crippen LogP contribution in [0.3, 0.4) is 0 Å². The standard InChI is InChI=1S/C19H24N2O2/c1-3-21(4-2)17-12-10-16(11-13-17)19(23)20-18(14-22)15-8-6-5-7-9-15/h5-13,18,22H,3-4,14H2,1-2H3,(H,20,23). The van der Waals surface area contributed by atoms with Gasteiger partial charge in [-0.15, -0.1) is 0 Å². The maximum Gasteiger partial charge on any atom is 0.251 e. The number of carbonyl (C=O) groups is 1. The predicted molar refractivity (Wildman–Crippen MR) is 93.7 cm³/mol. The molecular weight excluding hydrogens is 288 g/mol. The van der Waals surface area contributed by atoms with E-state index < -0.39 is 6.04 Å². The van der Waals surface area contributed by atoms with Crippen LogP contribution in [0.4, 0.5) is 5.69 Å². The van der Waals surface area contributed by atoms with Crippen LogP contribution in [0.15, 0.2) is 54.6 Å². The largest absolute Gasteiger partial charge is 0.394 e. The van der Waals surface area contributed by atoms with E-state index in [2.05, 4.69) is 24.1 Å². The Morgan fingerprint density at radius 3 is 2.17 bits per heavy atom. The molecular formula is C19H24N2O2. The first-order valence-corrected chi connectivity index (χ1v) is 8.01. The molecule has 0 aliphatic heterocycles. The molecule has 0 aromatic heterocycles. The molecule has 1 amide bonds. The van der Waals surface area contributed by atoms with Gasteiger partial charge < -0.3 is 15.3 Å². The fourth-order valence-electron chi connectivity index (χ4n) is 2.57. The van der Waals surface area contributed by atoms with Crippen molar-refractivity contribution in [3.8, 4) is 0 Å². The average molecular weight is 312 g/mol. The first kappa shape index (κ1) is 17.0. The van der Waals surface area contributed by atoms with Gasteiger partial charge in [-0.05, 0) is 43.7 Å². The molecule has 0 heterocycles. The molecule has 0 aliphatic carbocycles. The number of aliphatic hydroxyl groups is 1. The van der Waals surface area contributed by atoms with Crippen molar-refractivity contribution in [3.05, 3.63) is 65.7 Å². The topological polar surface area (TPSA) is 52.6 Å². The minimum Gasteiger partial charge on any atom is -0.394 e. The molecule has 2 N–H and O–H groups in total. The van der Waals surface area contributed by atoms with E-state index in [9.17, 15) is 9.90 Å². The van der Waals surface area contributed by atoms with Crippen LogP contribution in [0.2, 0.25) is 0 Å². The zero-order valence-corrected chi connectivity index (χ0v) is 13.7. The second-order valence-electron chi connectivity index (χ2n) is 5.34. The quantitative estimate of drug-likeness (QED) is 0.826. The number of benzene rings is 2. The molecule has 2 aromatic rings. The second-order valence-corrected chi connectivity index (χ2v) is 5.34. The number of carbonyl (C=O) groups excluding carboxylic acids is 1. The third-order valence-electron chi connectivity index (χ3n) is 3.95. The summed E-state index contributed by atoms with van der Waals surface area (Å²) in [5, 5.41) is 12.4. The molecule has 4 heteroatoms. The van der Waals surface area contributed by atoms with Crippen molar-refractivity contribution < 1.29 is 9.90 Å². The molecule has 2 aromatic carbocycles. The lowest BCUT2D eigenvalue weighted by Gasteiger charge is -2.21. The molecule has 4 nitrogen and oxygen atoms in total. The maximum atomic E-state index is 12.4. The maximum absolute atomic E-state index is 12.4. The van der Waals surface area contributed by atoms with Gasteiger partial charge in [0.1, 0.15) is 0 Å². The Bertz CT molecular complexity index is 607. The number of rotatable bonds is 7. The van der Waals surface area contributed by atoms with Gasteiger partial charge in [0.2, 0.25) is 0 Å². The third-order valence-corrected chi connectivity index (χ3v) is 3.95. The van der Waals surface area contributed by atoms with E-state index in [-0.39, 0.29) is 12.5 Å². The van der Waals surface area contributed by atoms with Gasteiger partial charge in [0.05, 0.1) is 12.6 Å². The summed E-state index contributed by atoms with van der Waals surface area (Å²) in [6, 6.07) is 16.6. The number of nitrogens with one attached hydrogen (secondary N) is 1. The van der Waals surface area contributed by atoms with Crippen LogP contribution in [0, 0.1) is 0 Å². The highest BCUT2D eigenvalue weighted by molar-refractivity contribution is 5.94. The summed E-state index contributed by atoms with van der Waals surface area (Å²) in [7, 11) is 0. The predicted octanol–water partition coefficient (Wildman–Crippen LogP) is 3.00. The Morgan fingerprint density at radius 1 is 1.04 bits per heavy atom. The lowest BCUT2D eigenvalue weighted by molar-refractivity contribution is 0.0916. The highest BCUT2D eigenvalue weighted by Crippen LogP contribution is 2.16. The zero-order valence-electron chi connectivity index (χ0n) is 13.7. The van der Waals surface area contributed by atoms with E-state index in [0.29, 0.717) is 5.56 Å². The van der Waals surface area contributed by atoms with Crippen molar-refractivity contribution in [1.29, 1.82) is 0 Å². The molecule has 1 unspecified atom stereocenters. The van der Waals surface area contributed by atoms with Crippen molar-refractivity contribution >= 4 is 11.6 Å². The van der Waals surface area contributed by atoms with E-state index >= 15 is 0 Å². The summed E-state index contributed by atoms with van der Waals surface area (Å²) in [6.07, 6.45) is 0. The molecule has 122 valence electrons. The van der Waals surface area contributed by atoms with Crippen LogP contribution in [0.25, 0.3) is 0 Å². The normalized spacial score (nSPS) is 11.8. The third kappa shape index (κ3) is 4.33. The minimum absolute atomic E-state index is 0.132. The SMILES string of the molecule is CCN(CC)c1ccc(C(=O)NC(CO)c2ccccc2)cc1. The summed E-state index contributed by atoms with van der Waals surface area (Å²) in [5.41, 5.74) is 2.59. The summed E-state index contributed by atoms with van der Waals surface area (Å²) < 4.78 is 0. The van der Waals surface area contributed by atoms with Crippen molar-refractivity contribution in [2.45, 2.75) is 19.9 Å². The van der Waals surface area contributed by atoms with Gasteiger partial charge in [-0.3, -0.25) is 4.79 Å². The molecule has 0 fully saturated rings. The molecule has 23 heavy (non-hydrogen) atoms. The summed E-state index contributed by atoms with van der Waals surface area (Å²) >= 11 is 0. The van der Waals surface area contributed by atoms with Crippen molar-refractivity contribution in [2.75, 3.05) is 24.6 Å². The lowest BCUT2D eigenvalue weighted by Crippen LogP contribution is -2.30.